The second-order valence-corrected chi connectivity index (χ2v) is 6.44. The second-order valence-electron chi connectivity index (χ2n) is 6.44. The fraction of sp³-hybridized carbons (Fsp3) is 0.647. The Labute approximate surface area is 136 Å². The monoisotopic (exact) mass is 328 g/mol. The zero-order valence-corrected chi connectivity index (χ0v) is 13.5. The predicted octanol–water partition coefficient (Wildman–Crippen LogP) is 1.68. The Bertz CT molecular complexity index is 491. The van der Waals surface area contributed by atoms with E-state index in [4.69, 9.17) is 0 Å². The molecule has 1 heterocycles. The Balaban J connectivity index is 1.68. The Morgan fingerprint density at radius 1 is 1.22 bits per heavy atom. The molecule has 0 unspecified atom stereocenters. The number of rotatable bonds is 7. The number of likely N-dealkylation sites (tertiary alicyclic amines) is 1. The molecule has 1 aliphatic heterocycles. The highest BCUT2D eigenvalue weighted by Crippen LogP contribution is 2.18. The Morgan fingerprint density at radius 2 is 1.91 bits per heavy atom. The van der Waals surface area contributed by atoms with E-state index in [1.165, 1.54) is 6.07 Å². The lowest BCUT2D eigenvalue weighted by Gasteiger charge is -2.32. The fourth-order valence-corrected chi connectivity index (χ4v) is 3.01. The summed E-state index contributed by atoms with van der Waals surface area (Å²) < 4.78 is 26.0. The maximum atomic E-state index is 13.2. The molecule has 4 nitrogen and oxygen atoms in total. The molecule has 130 valence electrons. The van der Waals surface area contributed by atoms with E-state index in [2.05, 4.69) is 10.2 Å². The van der Waals surface area contributed by atoms with E-state index < -0.39 is 17.7 Å². The molecule has 1 aromatic carbocycles. The molecule has 1 aromatic rings. The van der Waals surface area contributed by atoms with Crippen LogP contribution in [0.5, 0.6) is 0 Å². The maximum Gasteiger partial charge on any atom is 0.159 e. The van der Waals surface area contributed by atoms with E-state index in [0.717, 1.165) is 51.2 Å². The summed E-state index contributed by atoms with van der Waals surface area (Å²) >= 11 is 0. The SMILES string of the molecule is C[C@@H](O)CN1CCC(CNC[C@@H](O)c2ccc(F)c(F)c2)CC1. The molecule has 0 bridgehead atoms. The summed E-state index contributed by atoms with van der Waals surface area (Å²) in [6, 6.07) is 3.47. The van der Waals surface area contributed by atoms with Crippen molar-refractivity contribution in [1.82, 2.24) is 10.2 Å². The molecule has 0 aromatic heterocycles. The van der Waals surface area contributed by atoms with Gasteiger partial charge in [0, 0.05) is 13.1 Å². The molecular weight excluding hydrogens is 302 g/mol. The highest BCUT2D eigenvalue weighted by Gasteiger charge is 2.20. The number of benzene rings is 1. The minimum absolute atomic E-state index is 0.295. The molecule has 2 atom stereocenters. The average molecular weight is 328 g/mol. The van der Waals surface area contributed by atoms with Crippen molar-refractivity contribution in [2.24, 2.45) is 5.92 Å². The van der Waals surface area contributed by atoms with E-state index in [1.54, 1.807) is 6.92 Å². The van der Waals surface area contributed by atoms with Gasteiger partial charge in [-0.25, -0.2) is 8.78 Å². The molecule has 0 saturated carbocycles. The fourth-order valence-electron chi connectivity index (χ4n) is 3.01. The first-order valence-electron chi connectivity index (χ1n) is 8.20. The van der Waals surface area contributed by atoms with Crippen LogP contribution >= 0.6 is 0 Å². The standard InChI is InChI=1S/C17H26F2N2O2/c1-12(22)11-21-6-4-13(5-7-21)9-20-10-17(23)14-2-3-15(18)16(19)8-14/h2-3,8,12-13,17,20,22-23H,4-7,9-11H2,1H3/t12-,17-/m1/s1. The number of halogens is 2. The van der Waals surface area contributed by atoms with Gasteiger partial charge in [-0.2, -0.15) is 0 Å². The van der Waals surface area contributed by atoms with Gasteiger partial charge in [-0.1, -0.05) is 6.07 Å². The summed E-state index contributed by atoms with van der Waals surface area (Å²) in [5, 5.41) is 22.6. The van der Waals surface area contributed by atoms with Gasteiger partial charge in [0.15, 0.2) is 11.6 Å². The van der Waals surface area contributed by atoms with Crippen molar-refractivity contribution < 1.29 is 19.0 Å². The van der Waals surface area contributed by atoms with Crippen LogP contribution in [0, 0.1) is 17.6 Å². The van der Waals surface area contributed by atoms with E-state index >= 15 is 0 Å². The molecule has 1 saturated heterocycles. The van der Waals surface area contributed by atoms with Gasteiger partial charge in [-0.05, 0) is 63.0 Å². The third-order valence-electron chi connectivity index (χ3n) is 4.33. The number of piperidine rings is 1. The molecule has 6 heteroatoms. The lowest BCUT2D eigenvalue weighted by Crippen LogP contribution is -2.40. The normalized spacial score (nSPS) is 19.7. The summed E-state index contributed by atoms with van der Waals surface area (Å²) in [5.74, 6) is -1.30. The van der Waals surface area contributed by atoms with Crippen LogP contribution in [0.2, 0.25) is 0 Å². The number of nitrogens with zero attached hydrogens (tertiary/aromatic N) is 1. The van der Waals surface area contributed by atoms with Gasteiger partial charge in [0.2, 0.25) is 0 Å². The molecule has 1 aliphatic rings. The minimum atomic E-state index is -0.938. The van der Waals surface area contributed by atoms with Gasteiger partial charge in [0.25, 0.3) is 0 Å². The molecule has 0 amide bonds. The topological polar surface area (TPSA) is 55.7 Å². The predicted molar refractivity (Wildman–Crippen MR) is 85.0 cm³/mol. The number of hydrogen-bond acceptors (Lipinski definition) is 4. The molecule has 0 radical (unpaired) electrons. The second kappa shape index (κ2) is 8.68. The van der Waals surface area contributed by atoms with E-state index in [9.17, 15) is 19.0 Å². The van der Waals surface area contributed by atoms with Crippen molar-refractivity contribution in [1.29, 1.82) is 0 Å². The molecule has 23 heavy (non-hydrogen) atoms. The van der Waals surface area contributed by atoms with Crippen molar-refractivity contribution in [3.05, 3.63) is 35.4 Å². The van der Waals surface area contributed by atoms with Crippen LogP contribution in [0.25, 0.3) is 0 Å². The number of aliphatic hydroxyl groups excluding tert-OH is 2. The Hall–Kier alpha value is -1.08. The number of aliphatic hydroxyl groups is 2. The Morgan fingerprint density at radius 3 is 2.52 bits per heavy atom. The number of hydrogen-bond donors (Lipinski definition) is 3. The van der Waals surface area contributed by atoms with Crippen LogP contribution in [0.3, 0.4) is 0 Å². The van der Waals surface area contributed by atoms with Crippen LogP contribution in [-0.4, -0.2) is 53.9 Å². The van der Waals surface area contributed by atoms with Gasteiger partial charge in [0.05, 0.1) is 12.2 Å². The van der Waals surface area contributed by atoms with E-state index in [-0.39, 0.29) is 6.10 Å². The molecule has 0 spiro atoms. The van der Waals surface area contributed by atoms with Gasteiger partial charge < -0.3 is 20.4 Å². The smallest absolute Gasteiger partial charge is 0.159 e. The summed E-state index contributed by atoms with van der Waals surface area (Å²) in [7, 11) is 0. The third-order valence-corrected chi connectivity index (χ3v) is 4.33. The number of β-amino-alcohol motifs (C(OH)–C–C–N with tert-alkyl or cyclic N) is 1. The first-order chi connectivity index (χ1) is 11.0. The highest BCUT2D eigenvalue weighted by atomic mass is 19.2. The molecule has 0 aliphatic carbocycles. The summed E-state index contributed by atoms with van der Waals surface area (Å²) in [6.45, 7) is 5.58. The maximum absolute atomic E-state index is 13.2. The molecular formula is C17H26F2N2O2. The zero-order chi connectivity index (χ0) is 16.8. The molecule has 2 rings (SSSR count). The minimum Gasteiger partial charge on any atom is -0.392 e. The van der Waals surface area contributed by atoms with Crippen molar-refractivity contribution in [2.45, 2.75) is 32.0 Å². The van der Waals surface area contributed by atoms with Crippen LogP contribution in [0.1, 0.15) is 31.4 Å². The van der Waals surface area contributed by atoms with Gasteiger partial charge in [-0.15, -0.1) is 0 Å². The quantitative estimate of drug-likeness (QED) is 0.713. The van der Waals surface area contributed by atoms with Gasteiger partial charge >= 0.3 is 0 Å². The highest BCUT2D eigenvalue weighted by molar-refractivity contribution is 5.20. The lowest BCUT2D eigenvalue weighted by molar-refractivity contribution is 0.0984. The zero-order valence-electron chi connectivity index (χ0n) is 13.5. The van der Waals surface area contributed by atoms with Crippen LogP contribution < -0.4 is 5.32 Å². The lowest BCUT2D eigenvalue weighted by atomic mass is 9.96. The van der Waals surface area contributed by atoms with Gasteiger partial charge in [0.1, 0.15) is 0 Å². The van der Waals surface area contributed by atoms with Crippen LogP contribution in [0.15, 0.2) is 18.2 Å². The molecule has 1 fully saturated rings. The van der Waals surface area contributed by atoms with E-state index in [1.807, 2.05) is 0 Å². The summed E-state index contributed by atoms with van der Waals surface area (Å²) in [4.78, 5) is 2.26. The average Bonchev–Trinajstić information content (AvgIpc) is 2.51. The first-order valence-corrected chi connectivity index (χ1v) is 8.20. The Kier molecular flexibility index (Phi) is 6.89. The summed E-state index contributed by atoms with van der Waals surface area (Å²) in [6.07, 6.45) is 0.971. The van der Waals surface area contributed by atoms with Gasteiger partial charge in [-0.3, -0.25) is 0 Å². The van der Waals surface area contributed by atoms with Crippen molar-refractivity contribution in [3.63, 3.8) is 0 Å². The first kappa shape index (κ1) is 18.3. The largest absolute Gasteiger partial charge is 0.392 e. The van der Waals surface area contributed by atoms with E-state index in [0.29, 0.717) is 18.0 Å². The van der Waals surface area contributed by atoms with Crippen LogP contribution in [0.4, 0.5) is 8.78 Å². The third kappa shape index (κ3) is 5.80. The molecule has 3 N–H and O–H groups in total. The number of nitrogens with one attached hydrogen (secondary N) is 1. The van der Waals surface area contributed by atoms with Crippen molar-refractivity contribution >= 4 is 0 Å². The van der Waals surface area contributed by atoms with Crippen molar-refractivity contribution in [2.75, 3.05) is 32.7 Å². The van der Waals surface area contributed by atoms with Crippen molar-refractivity contribution in [3.8, 4) is 0 Å². The van der Waals surface area contributed by atoms with Crippen LogP contribution in [-0.2, 0) is 0 Å². The summed E-state index contributed by atoms with van der Waals surface area (Å²) in [5.41, 5.74) is 0.378.